The largest absolute Gasteiger partial charge is 0.370 e. The molecule has 19 heavy (non-hydrogen) atoms. The van der Waals surface area contributed by atoms with Crippen LogP contribution in [0.3, 0.4) is 0 Å². The zero-order chi connectivity index (χ0) is 12.9. The Morgan fingerprint density at radius 2 is 2.16 bits per heavy atom. The molecule has 104 valence electrons. The van der Waals surface area contributed by atoms with Gasteiger partial charge in [-0.1, -0.05) is 6.42 Å². The molecule has 2 N–H and O–H groups in total. The zero-order valence-electron chi connectivity index (χ0n) is 11.4. The first-order valence-electron chi connectivity index (χ1n) is 7.43. The van der Waals surface area contributed by atoms with E-state index >= 15 is 0 Å². The summed E-state index contributed by atoms with van der Waals surface area (Å²) < 4.78 is 0. The van der Waals surface area contributed by atoms with Gasteiger partial charge in [0, 0.05) is 32.2 Å². The first-order chi connectivity index (χ1) is 9.42. The van der Waals surface area contributed by atoms with Crippen molar-refractivity contribution in [3.8, 4) is 0 Å². The molecule has 5 nitrogen and oxygen atoms in total. The molecule has 1 saturated carbocycles. The van der Waals surface area contributed by atoms with Gasteiger partial charge in [-0.15, -0.1) is 0 Å². The molecule has 3 rings (SSSR count). The van der Waals surface area contributed by atoms with Crippen molar-refractivity contribution in [3.05, 3.63) is 12.4 Å². The van der Waals surface area contributed by atoms with E-state index < -0.39 is 0 Å². The maximum atomic E-state index is 4.41. The van der Waals surface area contributed by atoms with E-state index in [0.29, 0.717) is 0 Å². The fraction of sp³-hybridized carbons (Fsp3) is 0.714. The second-order valence-electron chi connectivity index (χ2n) is 5.53. The maximum Gasteiger partial charge on any atom is 0.134 e. The molecule has 1 aliphatic carbocycles. The first-order valence-corrected chi connectivity index (χ1v) is 7.43. The summed E-state index contributed by atoms with van der Waals surface area (Å²) >= 11 is 0. The molecule has 0 radical (unpaired) electrons. The summed E-state index contributed by atoms with van der Waals surface area (Å²) in [6.45, 7) is 5.30. The van der Waals surface area contributed by atoms with Crippen LogP contribution in [0.4, 0.5) is 11.6 Å². The van der Waals surface area contributed by atoms with Gasteiger partial charge in [0.1, 0.15) is 18.0 Å². The average Bonchev–Trinajstić information content (AvgIpc) is 2.66. The van der Waals surface area contributed by atoms with Crippen molar-refractivity contribution in [2.45, 2.75) is 25.7 Å². The van der Waals surface area contributed by atoms with E-state index in [0.717, 1.165) is 50.3 Å². The summed E-state index contributed by atoms with van der Waals surface area (Å²) in [5.41, 5.74) is 0. The Kier molecular flexibility index (Phi) is 4.13. The van der Waals surface area contributed by atoms with Crippen molar-refractivity contribution in [3.63, 3.8) is 0 Å². The van der Waals surface area contributed by atoms with Crippen LogP contribution < -0.4 is 15.5 Å². The zero-order valence-corrected chi connectivity index (χ0v) is 11.4. The summed E-state index contributed by atoms with van der Waals surface area (Å²) in [5.74, 6) is 2.87. The van der Waals surface area contributed by atoms with Crippen LogP contribution in [0.15, 0.2) is 12.4 Å². The quantitative estimate of drug-likeness (QED) is 0.860. The van der Waals surface area contributed by atoms with Crippen LogP contribution in [0.25, 0.3) is 0 Å². The number of aromatic nitrogens is 2. The van der Waals surface area contributed by atoms with Crippen LogP contribution in [-0.4, -0.2) is 42.7 Å². The molecule has 2 heterocycles. The van der Waals surface area contributed by atoms with Crippen molar-refractivity contribution in [1.29, 1.82) is 0 Å². The average molecular weight is 261 g/mol. The van der Waals surface area contributed by atoms with Crippen LogP contribution in [-0.2, 0) is 0 Å². The third-order valence-corrected chi connectivity index (χ3v) is 4.11. The van der Waals surface area contributed by atoms with Crippen LogP contribution in [0.5, 0.6) is 0 Å². The van der Waals surface area contributed by atoms with Crippen molar-refractivity contribution in [2.24, 2.45) is 5.92 Å². The summed E-state index contributed by atoms with van der Waals surface area (Å²) in [6.07, 6.45) is 6.97. The lowest BCUT2D eigenvalue weighted by atomic mass is 9.85. The Morgan fingerprint density at radius 3 is 3.00 bits per heavy atom. The van der Waals surface area contributed by atoms with Crippen LogP contribution in [0, 0.1) is 5.92 Å². The van der Waals surface area contributed by atoms with E-state index in [1.165, 1.54) is 25.7 Å². The number of hydrogen-bond acceptors (Lipinski definition) is 5. The minimum absolute atomic E-state index is 0.848. The molecule has 2 aliphatic rings. The second-order valence-corrected chi connectivity index (χ2v) is 5.53. The monoisotopic (exact) mass is 261 g/mol. The standard InChI is InChI=1S/C14H23N5/c1-3-12(4-1)10-16-13-9-14(18-11-17-13)19-7-2-5-15-6-8-19/h9,11-12,15H,1-8,10H2,(H,16,17,18). The summed E-state index contributed by atoms with van der Waals surface area (Å²) in [4.78, 5) is 11.1. The third kappa shape index (κ3) is 3.35. The lowest BCUT2D eigenvalue weighted by molar-refractivity contribution is 0.333. The summed E-state index contributed by atoms with van der Waals surface area (Å²) in [5, 5.41) is 6.86. The molecule has 0 bridgehead atoms. The van der Waals surface area contributed by atoms with Crippen LogP contribution >= 0.6 is 0 Å². The van der Waals surface area contributed by atoms with E-state index in [-0.39, 0.29) is 0 Å². The number of rotatable bonds is 4. The van der Waals surface area contributed by atoms with Crippen LogP contribution in [0.2, 0.25) is 0 Å². The minimum atomic E-state index is 0.848. The van der Waals surface area contributed by atoms with E-state index in [1.807, 2.05) is 0 Å². The van der Waals surface area contributed by atoms with Crippen molar-refractivity contribution in [1.82, 2.24) is 15.3 Å². The molecular formula is C14H23N5. The highest BCUT2D eigenvalue weighted by atomic mass is 15.2. The molecular weight excluding hydrogens is 238 g/mol. The smallest absolute Gasteiger partial charge is 0.134 e. The molecule has 1 aromatic rings. The minimum Gasteiger partial charge on any atom is -0.370 e. The SMILES string of the molecule is c1nc(NCC2CCC2)cc(N2CCCNCC2)n1. The Morgan fingerprint density at radius 1 is 1.21 bits per heavy atom. The molecule has 1 saturated heterocycles. The third-order valence-electron chi connectivity index (χ3n) is 4.11. The van der Waals surface area contributed by atoms with Gasteiger partial charge in [-0.05, 0) is 31.7 Å². The summed E-state index contributed by atoms with van der Waals surface area (Å²) in [6, 6.07) is 2.09. The van der Waals surface area contributed by atoms with Crippen LogP contribution in [0.1, 0.15) is 25.7 Å². The molecule has 0 aromatic carbocycles. The van der Waals surface area contributed by atoms with E-state index in [2.05, 4.69) is 31.6 Å². The van der Waals surface area contributed by atoms with Gasteiger partial charge < -0.3 is 15.5 Å². The van der Waals surface area contributed by atoms with Gasteiger partial charge in [-0.25, -0.2) is 9.97 Å². The highest BCUT2D eigenvalue weighted by Crippen LogP contribution is 2.26. The second kappa shape index (κ2) is 6.19. The van der Waals surface area contributed by atoms with Gasteiger partial charge in [0.05, 0.1) is 0 Å². The fourth-order valence-corrected chi connectivity index (χ4v) is 2.64. The molecule has 1 aliphatic heterocycles. The number of anilines is 2. The Balaban J connectivity index is 1.60. The highest BCUT2D eigenvalue weighted by molar-refractivity contribution is 5.48. The van der Waals surface area contributed by atoms with Crippen molar-refractivity contribution >= 4 is 11.6 Å². The molecule has 0 atom stereocenters. The fourth-order valence-electron chi connectivity index (χ4n) is 2.64. The van der Waals surface area contributed by atoms with Gasteiger partial charge in [0.15, 0.2) is 0 Å². The van der Waals surface area contributed by atoms with Gasteiger partial charge in [0.25, 0.3) is 0 Å². The number of hydrogen-bond donors (Lipinski definition) is 2. The first kappa shape index (κ1) is 12.7. The Hall–Kier alpha value is -1.36. The molecule has 2 fully saturated rings. The molecule has 5 heteroatoms. The number of nitrogens with zero attached hydrogens (tertiary/aromatic N) is 3. The molecule has 0 amide bonds. The van der Waals surface area contributed by atoms with E-state index in [9.17, 15) is 0 Å². The normalized spacial score (nSPS) is 20.7. The Bertz CT molecular complexity index is 397. The maximum absolute atomic E-state index is 4.41. The molecule has 1 aromatic heterocycles. The lowest BCUT2D eigenvalue weighted by Crippen LogP contribution is -2.28. The number of nitrogens with one attached hydrogen (secondary N) is 2. The predicted molar refractivity (Wildman–Crippen MR) is 77.6 cm³/mol. The van der Waals surface area contributed by atoms with Gasteiger partial charge >= 0.3 is 0 Å². The van der Waals surface area contributed by atoms with Crippen molar-refractivity contribution in [2.75, 3.05) is 42.9 Å². The van der Waals surface area contributed by atoms with Gasteiger partial charge in [0.2, 0.25) is 0 Å². The topological polar surface area (TPSA) is 53.1 Å². The molecule has 0 unspecified atom stereocenters. The van der Waals surface area contributed by atoms with Gasteiger partial charge in [-0.3, -0.25) is 0 Å². The highest BCUT2D eigenvalue weighted by Gasteiger charge is 2.17. The summed E-state index contributed by atoms with van der Waals surface area (Å²) in [7, 11) is 0. The predicted octanol–water partition coefficient (Wildman–Crippen LogP) is 1.49. The molecule has 0 spiro atoms. The van der Waals surface area contributed by atoms with E-state index in [4.69, 9.17) is 0 Å². The van der Waals surface area contributed by atoms with Crippen molar-refractivity contribution < 1.29 is 0 Å². The van der Waals surface area contributed by atoms with E-state index in [1.54, 1.807) is 6.33 Å². The lowest BCUT2D eigenvalue weighted by Gasteiger charge is -2.26. The Labute approximate surface area is 114 Å². The van der Waals surface area contributed by atoms with Gasteiger partial charge in [-0.2, -0.15) is 0 Å².